The fourth-order valence-corrected chi connectivity index (χ4v) is 11.8. The molecule has 3 saturated heterocycles. The molecule has 0 N–H and O–H groups in total. The number of hydrogen-bond donors (Lipinski definition) is 0. The summed E-state index contributed by atoms with van der Waals surface area (Å²) >= 11 is 0. The van der Waals surface area contributed by atoms with E-state index in [-0.39, 0.29) is 40.5 Å². The van der Waals surface area contributed by atoms with Gasteiger partial charge in [-0.3, -0.25) is 4.84 Å². The Balaban J connectivity index is 1.41. The van der Waals surface area contributed by atoms with Crippen molar-refractivity contribution in [3.05, 3.63) is 48.6 Å². The molecular formula is C28H43NO5Si. The van der Waals surface area contributed by atoms with Gasteiger partial charge in [0.15, 0.2) is 6.29 Å². The Morgan fingerprint density at radius 1 is 0.971 bits per heavy atom. The second-order valence-corrected chi connectivity index (χ2v) is 17.4. The van der Waals surface area contributed by atoms with E-state index in [1.807, 2.05) is 6.08 Å². The van der Waals surface area contributed by atoms with Crippen molar-refractivity contribution in [3.63, 3.8) is 0 Å². The van der Waals surface area contributed by atoms with Gasteiger partial charge in [-0.1, -0.05) is 96.0 Å². The Kier molecular flexibility index (Phi) is 6.83. The van der Waals surface area contributed by atoms with Crippen LogP contribution in [0.4, 0.5) is 0 Å². The van der Waals surface area contributed by atoms with Crippen LogP contribution in [0.3, 0.4) is 0 Å². The zero-order chi connectivity index (χ0) is 25.0. The Hall–Kier alpha value is -1.06. The number of hydrogen-bond acceptors (Lipinski definition) is 6. The number of ether oxygens (including phenoxy) is 1. The zero-order valence-corrected chi connectivity index (χ0v) is 23.2. The van der Waals surface area contributed by atoms with Crippen molar-refractivity contribution in [1.29, 1.82) is 0 Å². The summed E-state index contributed by atoms with van der Waals surface area (Å²) in [4.78, 5) is 12.5. The summed E-state index contributed by atoms with van der Waals surface area (Å²) in [6.07, 6.45) is 6.30. The van der Waals surface area contributed by atoms with Crippen LogP contribution in [0.25, 0.3) is 0 Å². The van der Waals surface area contributed by atoms with Crippen LogP contribution in [-0.2, 0) is 23.3 Å². The molecule has 7 atom stereocenters. The molecule has 6 nitrogen and oxygen atoms in total. The predicted octanol–water partition coefficient (Wildman–Crippen LogP) is 6.39. The highest BCUT2D eigenvalue weighted by molar-refractivity contribution is 6.73. The van der Waals surface area contributed by atoms with E-state index < -0.39 is 14.9 Å². The quantitative estimate of drug-likeness (QED) is 0.352. The van der Waals surface area contributed by atoms with Crippen LogP contribution in [0.15, 0.2) is 43.0 Å². The molecule has 35 heavy (non-hydrogen) atoms. The highest BCUT2D eigenvalue weighted by Crippen LogP contribution is 2.57. The van der Waals surface area contributed by atoms with Gasteiger partial charge in [-0.15, -0.1) is 6.58 Å². The second-order valence-electron chi connectivity index (χ2n) is 12.7. The first kappa shape index (κ1) is 25.6. The van der Waals surface area contributed by atoms with Gasteiger partial charge in [-0.2, -0.15) is 0 Å². The molecule has 1 aromatic carbocycles. The van der Waals surface area contributed by atoms with E-state index in [1.165, 1.54) is 18.4 Å². The number of rotatable bonds is 4. The Labute approximate surface area is 212 Å². The van der Waals surface area contributed by atoms with Crippen LogP contribution >= 0.6 is 0 Å². The maximum atomic E-state index is 7.11. The minimum atomic E-state index is -2.72. The molecule has 4 fully saturated rings. The molecule has 3 aliphatic heterocycles. The second kappa shape index (κ2) is 9.35. The summed E-state index contributed by atoms with van der Waals surface area (Å²) in [6, 6.07) is 10.6. The van der Waals surface area contributed by atoms with Gasteiger partial charge in [0.05, 0.1) is 12.2 Å². The van der Waals surface area contributed by atoms with Gasteiger partial charge in [0.1, 0.15) is 18.2 Å². The molecule has 3 heterocycles. The SMILES string of the molecule is C=C[C@H]1ON2O[C@@H](O[C@H]3CCCC[C@@H]3c3ccccc3)C[C@@H]3O[Si](C(C)(C)C)(C(C)(C)C)O[C@@H]1[C@@H]32. The number of hydroxylamine groups is 2. The van der Waals surface area contributed by atoms with Crippen molar-refractivity contribution in [2.45, 2.75) is 126 Å². The van der Waals surface area contributed by atoms with Crippen LogP contribution in [-0.4, -0.2) is 50.5 Å². The van der Waals surface area contributed by atoms with Crippen LogP contribution in [0.1, 0.15) is 85.1 Å². The molecule has 1 saturated carbocycles. The number of nitrogens with zero attached hydrogens (tertiary/aromatic N) is 1. The van der Waals surface area contributed by atoms with Crippen molar-refractivity contribution in [2.75, 3.05) is 0 Å². The van der Waals surface area contributed by atoms with E-state index in [0.29, 0.717) is 12.3 Å². The van der Waals surface area contributed by atoms with Crippen LogP contribution < -0.4 is 0 Å². The maximum absolute atomic E-state index is 7.11. The van der Waals surface area contributed by atoms with Gasteiger partial charge >= 0.3 is 8.56 Å². The van der Waals surface area contributed by atoms with E-state index in [2.05, 4.69) is 78.5 Å². The highest BCUT2D eigenvalue weighted by atomic mass is 28.4. The molecular weight excluding hydrogens is 458 g/mol. The van der Waals surface area contributed by atoms with Gasteiger partial charge < -0.3 is 13.6 Å². The Morgan fingerprint density at radius 2 is 1.66 bits per heavy atom. The van der Waals surface area contributed by atoms with Crippen molar-refractivity contribution in [3.8, 4) is 0 Å². The van der Waals surface area contributed by atoms with Crippen LogP contribution in [0.2, 0.25) is 10.1 Å². The van der Waals surface area contributed by atoms with Crippen LogP contribution in [0.5, 0.6) is 0 Å². The van der Waals surface area contributed by atoms with Crippen molar-refractivity contribution >= 4 is 8.56 Å². The summed E-state index contributed by atoms with van der Waals surface area (Å²) in [5.74, 6) is 0.382. The molecule has 1 aliphatic carbocycles. The fourth-order valence-electron chi connectivity index (χ4n) is 6.81. The topological polar surface area (TPSA) is 49.4 Å². The minimum Gasteiger partial charge on any atom is -0.388 e. The van der Waals surface area contributed by atoms with E-state index in [9.17, 15) is 0 Å². The van der Waals surface area contributed by atoms with Gasteiger partial charge in [0, 0.05) is 22.4 Å². The maximum Gasteiger partial charge on any atom is 0.350 e. The lowest BCUT2D eigenvalue weighted by molar-refractivity contribution is -0.448. The zero-order valence-electron chi connectivity index (χ0n) is 22.2. The third-order valence-electron chi connectivity index (χ3n) is 8.24. The standard InChI is InChI=1S/C28H43NO5Si/c1-8-21-26-25-23(33-35(34-26,27(2,3)4)28(5,6)7)18-24(32-29(25)31-21)30-22-17-13-12-16-20(22)19-14-10-9-11-15-19/h8-11,14-15,20-26H,1,12-13,16-18H2,2-7H3/t20-,21-,22+,23+,24-,25-,26+/m1/s1. The van der Waals surface area contributed by atoms with Gasteiger partial charge in [0.2, 0.25) is 0 Å². The molecule has 5 rings (SSSR count). The normalized spacial score (nSPS) is 37.6. The summed E-state index contributed by atoms with van der Waals surface area (Å²) in [5, 5.41) is 1.37. The lowest BCUT2D eigenvalue weighted by atomic mass is 9.81. The first-order valence-electron chi connectivity index (χ1n) is 13.4. The van der Waals surface area contributed by atoms with E-state index in [0.717, 1.165) is 12.8 Å². The molecule has 194 valence electrons. The lowest BCUT2D eigenvalue weighted by Gasteiger charge is -2.57. The Bertz CT molecular complexity index is 883. The summed E-state index contributed by atoms with van der Waals surface area (Å²) in [6.45, 7) is 17.5. The largest absolute Gasteiger partial charge is 0.388 e. The monoisotopic (exact) mass is 501 g/mol. The average molecular weight is 502 g/mol. The molecule has 7 heteroatoms. The minimum absolute atomic E-state index is 0.0821. The van der Waals surface area contributed by atoms with Crippen molar-refractivity contribution < 1.29 is 23.3 Å². The third-order valence-corrected chi connectivity index (χ3v) is 13.4. The fraction of sp³-hybridized carbons (Fsp3) is 0.714. The summed E-state index contributed by atoms with van der Waals surface area (Å²) in [7, 11) is -2.72. The highest BCUT2D eigenvalue weighted by Gasteiger charge is 2.68. The first-order chi connectivity index (χ1) is 16.5. The number of benzene rings is 1. The van der Waals surface area contributed by atoms with E-state index in [4.69, 9.17) is 23.3 Å². The Morgan fingerprint density at radius 3 is 2.31 bits per heavy atom. The van der Waals surface area contributed by atoms with Crippen LogP contribution in [0, 0.1) is 0 Å². The van der Waals surface area contributed by atoms with Gasteiger partial charge in [0.25, 0.3) is 0 Å². The van der Waals surface area contributed by atoms with Gasteiger partial charge in [-0.25, -0.2) is 4.84 Å². The lowest BCUT2D eigenvalue weighted by Crippen LogP contribution is -2.70. The molecule has 0 amide bonds. The molecule has 0 aromatic heterocycles. The molecule has 4 aliphatic rings. The molecule has 0 bridgehead atoms. The van der Waals surface area contributed by atoms with E-state index in [1.54, 1.807) is 5.23 Å². The predicted molar refractivity (Wildman–Crippen MR) is 138 cm³/mol. The smallest absolute Gasteiger partial charge is 0.350 e. The average Bonchev–Trinajstić information content (AvgIpc) is 3.16. The van der Waals surface area contributed by atoms with Crippen molar-refractivity contribution in [2.24, 2.45) is 0 Å². The summed E-state index contributed by atoms with van der Waals surface area (Å²) in [5.41, 5.74) is 1.35. The third kappa shape index (κ3) is 4.47. The van der Waals surface area contributed by atoms with Crippen molar-refractivity contribution in [1.82, 2.24) is 5.23 Å². The summed E-state index contributed by atoms with van der Waals surface area (Å²) < 4.78 is 20.8. The molecule has 0 spiro atoms. The molecule has 0 radical (unpaired) electrons. The molecule has 1 aromatic rings. The van der Waals surface area contributed by atoms with Gasteiger partial charge in [-0.05, 0) is 18.4 Å². The molecule has 0 unspecified atom stereocenters. The van der Waals surface area contributed by atoms with E-state index >= 15 is 0 Å². The first-order valence-corrected chi connectivity index (χ1v) is 15.2.